The van der Waals surface area contributed by atoms with E-state index in [2.05, 4.69) is 0 Å². The average molecular weight is 454 g/mol. The van der Waals surface area contributed by atoms with E-state index in [4.69, 9.17) is 18.9 Å². The van der Waals surface area contributed by atoms with E-state index in [1.54, 1.807) is 62.3 Å². The van der Waals surface area contributed by atoms with Gasteiger partial charge in [-0.3, -0.25) is 9.59 Å². The highest BCUT2D eigenvalue weighted by Gasteiger charge is 2.52. The number of carbonyl (C=O) groups is 4. The first kappa shape index (κ1) is 27.2. The van der Waals surface area contributed by atoms with E-state index in [0.717, 1.165) is 11.7 Å². The van der Waals surface area contributed by atoms with Gasteiger partial charge in [-0.05, 0) is 81.4 Å². The molecule has 32 heavy (non-hydrogen) atoms. The van der Waals surface area contributed by atoms with Crippen LogP contribution in [0.25, 0.3) is 0 Å². The first-order chi connectivity index (χ1) is 14.2. The second-order valence-electron chi connectivity index (χ2n) is 10.5. The van der Waals surface area contributed by atoms with Crippen molar-refractivity contribution >= 4 is 24.0 Å². The molecule has 9 nitrogen and oxygen atoms in total. The van der Waals surface area contributed by atoms with Gasteiger partial charge in [0, 0.05) is 0 Å². The van der Waals surface area contributed by atoms with E-state index in [1.807, 2.05) is 0 Å². The molecule has 0 amide bonds. The van der Waals surface area contributed by atoms with Gasteiger partial charge in [0.25, 0.3) is 0 Å². The maximum atomic E-state index is 13.3. The van der Waals surface area contributed by atoms with Gasteiger partial charge < -0.3 is 18.9 Å². The molecule has 1 heterocycles. The van der Waals surface area contributed by atoms with Gasteiger partial charge in [0.15, 0.2) is 0 Å². The number of ether oxygens (including phenoxy) is 4. The average Bonchev–Trinajstić information content (AvgIpc) is 3.01. The minimum Gasteiger partial charge on any atom is -0.464 e. The molecule has 0 aliphatic heterocycles. The molecular formula is C23H35NO8. The second-order valence-corrected chi connectivity index (χ2v) is 10.5. The van der Waals surface area contributed by atoms with Crippen molar-refractivity contribution in [3.05, 3.63) is 23.5 Å². The molecule has 0 atom stereocenters. The van der Waals surface area contributed by atoms with Crippen molar-refractivity contribution < 1.29 is 38.1 Å². The van der Waals surface area contributed by atoms with Crippen LogP contribution >= 0.6 is 0 Å². The van der Waals surface area contributed by atoms with E-state index >= 15 is 0 Å². The summed E-state index contributed by atoms with van der Waals surface area (Å²) in [5.41, 5.74) is -5.24. The fraction of sp³-hybridized carbons (Fsp3) is 0.652. The fourth-order valence-corrected chi connectivity index (χ4v) is 2.65. The van der Waals surface area contributed by atoms with Crippen molar-refractivity contribution in [3.8, 4) is 0 Å². The summed E-state index contributed by atoms with van der Waals surface area (Å²) in [6.07, 6.45) is -0.962. The lowest BCUT2D eigenvalue weighted by atomic mass is 9.86. The van der Waals surface area contributed by atoms with Crippen molar-refractivity contribution in [2.45, 2.75) is 91.5 Å². The third-order valence-electron chi connectivity index (χ3n) is 3.98. The molecular weight excluding hydrogens is 418 g/mol. The predicted octanol–water partition coefficient (Wildman–Crippen LogP) is 4.00. The van der Waals surface area contributed by atoms with Crippen LogP contribution in [-0.2, 0) is 34.0 Å². The lowest BCUT2D eigenvalue weighted by Gasteiger charge is -2.33. The highest BCUT2D eigenvalue weighted by atomic mass is 16.6. The first-order valence-electron chi connectivity index (χ1n) is 10.2. The van der Waals surface area contributed by atoms with Gasteiger partial charge in [0.1, 0.15) is 22.5 Å². The van der Waals surface area contributed by atoms with Gasteiger partial charge in [-0.15, -0.1) is 0 Å². The molecule has 0 aliphatic rings. The van der Waals surface area contributed by atoms with Crippen LogP contribution in [0.3, 0.4) is 0 Å². The molecule has 0 bridgehead atoms. The normalized spacial score (nSPS) is 12.7. The van der Waals surface area contributed by atoms with E-state index < -0.39 is 46.2 Å². The zero-order valence-electron chi connectivity index (χ0n) is 20.9. The molecule has 1 aromatic heterocycles. The van der Waals surface area contributed by atoms with Crippen LogP contribution in [0.5, 0.6) is 0 Å². The molecule has 0 saturated heterocycles. The zero-order chi connectivity index (χ0) is 25.3. The summed E-state index contributed by atoms with van der Waals surface area (Å²) >= 11 is 0. The standard InChI is InChI=1S/C23H35NO8/c1-20(2,3)30-17(26)23(10,18(27)31-21(4,5)6)15-13-12-14(16(25)29-11)24(15)19(28)32-22(7,8)9/h12-13H,1-11H3. The summed E-state index contributed by atoms with van der Waals surface area (Å²) in [5.74, 6) is -2.74. The van der Waals surface area contributed by atoms with Crippen LogP contribution in [-0.4, -0.2) is 52.5 Å². The maximum absolute atomic E-state index is 13.3. The zero-order valence-corrected chi connectivity index (χ0v) is 20.9. The van der Waals surface area contributed by atoms with E-state index in [1.165, 1.54) is 19.1 Å². The smallest absolute Gasteiger partial charge is 0.419 e. The van der Waals surface area contributed by atoms with Gasteiger partial charge in [0.05, 0.1) is 12.8 Å². The van der Waals surface area contributed by atoms with Gasteiger partial charge in [-0.25, -0.2) is 14.2 Å². The van der Waals surface area contributed by atoms with E-state index in [0.29, 0.717) is 0 Å². The molecule has 0 aromatic carbocycles. The Morgan fingerprint density at radius 3 is 1.44 bits per heavy atom. The van der Waals surface area contributed by atoms with E-state index in [9.17, 15) is 19.2 Å². The number of hydrogen-bond acceptors (Lipinski definition) is 8. The number of esters is 3. The number of carbonyl (C=O) groups excluding carboxylic acids is 4. The van der Waals surface area contributed by atoms with E-state index in [-0.39, 0.29) is 11.4 Å². The number of hydrogen-bond donors (Lipinski definition) is 0. The third kappa shape index (κ3) is 6.58. The molecule has 0 fully saturated rings. The Hall–Kier alpha value is -2.84. The summed E-state index contributed by atoms with van der Waals surface area (Å²) in [7, 11) is 1.15. The Balaban J connectivity index is 3.84. The summed E-state index contributed by atoms with van der Waals surface area (Å²) in [5, 5.41) is 0. The van der Waals surface area contributed by atoms with Crippen molar-refractivity contribution in [2.24, 2.45) is 0 Å². The summed E-state index contributed by atoms with van der Waals surface area (Å²) in [6.45, 7) is 16.1. The van der Waals surface area contributed by atoms with Crippen LogP contribution in [0.2, 0.25) is 0 Å². The topological polar surface area (TPSA) is 110 Å². The minimum absolute atomic E-state index is 0.143. The SMILES string of the molecule is COC(=O)c1ccc(C(C)(C(=O)OC(C)(C)C)C(=O)OC(C)(C)C)n1C(=O)OC(C)(C)C. The monoisotopic (exact) mass is 453 g/mol. The Bertz CT molecular complexity index is 863. The van der Waals surface area contributed by atoms with Gasteiger partial charge in [-0.2, -0.15) is 0 Å². The van der Waals surface area contributed by atoms with Crippen LogP contribution in [0.1, 0.15) is 85.4 Å². The number of nitrogens with zero attached hydrogens (tertiary/aromatic N) is 1. The van der Waals surface area contributed by atoms with Crippen LogP contribution in [0.15, 0.2) is 12.1 Å². The van der Waals surface area contributed by atoms with Crippen LogP contribution < -0.4 is 0 Å². The third-order valence-corrected chi connectivity index (χ3v) is 3.98. The predicted molar refractivity (Wildman–Crippen MR) is 116 cm³/mol. The van der Waals surface area contributed by atoms with Crippen LogP contribution in [0, 0.1) is 0 Å². The highest BCUT2D eigenvalue weighted by molar-refractivity contribution is 6.07. The minimum atomic E-state index is -2.09. The Kier molecular flexibility index (Phi) is 7.61. The Labute approximate surface area is 189 Å². The molecule has 0 N–H and O–H groups in total. The van der Waals surface area contributed by atoms with Gasteiger partial charge >= 0.3 is 24.0 Å². The van der Waals surface area contributed by atoms with Gasteiger partial charge in [-0.1, -0.05) is 0 Å². The maximum Gasteiger partial charge on any atom is 0.419 e. The molecule has 0 spiro atoms. The highest BCUT2D eigenvalue weighted by Crippen LogP contribution is 2.33. The number of rotatable bonds is 4. The van der Waals surface area contributed by atoms with Crippen molar-refractivity contribution in [3.63, 3.8) is 0 Å². The summed E-state index contributed by atoms with van der Waals surface area (Å²) in [4.78, 5) is 52.1. The molecule has 0 unspecified atom stereocenters. The lowest BCUT2D eigenvalue weighted by Crippen LogP contribution is -2.50. The van der Waals surface area contributed by atoms with Crippen molar-refractivity contribution in [1.29, 1.82) is 0 Å². The molecule has 0 aliphatic carbocycles. The Morgan fingerprint density at radius 2 is 1.09 bits per heavy atom. The quantitative estimate of drug-likeness (QED) is 0.382. The summed E-state index contributed by atoms with van der Waals surface area (Å²) in [6, 6.07) is 2.59. The lowest BCUT2D eigenvalue weighted by molar-refractivity contribution is -0.177. The Morgan fingerprint density at radius 1 is 0.688 bits per heavy atom. The molecule has 0 saturated carbocycles. The largest absolute Gasteiger partial charge is 0.464 e. The number of aromatic nitrogens is 1. The molecule has 0 radical (unpaired) electrons. The van der Waals surface area contributed by atoms with Crippen LogP contribution in [0.4, 0.5) is 4.79 Å². The second kappa shape index (κ2) is 8.96. The fourth-order valence-electron chi connectivity index (χ4n) is 2.65. The molecule has 1 rings (SSSR count). The first-order valence-corrected chi connectivity index (χ1v) is 10.2. The summed E-state index contributed by atoms with van der Waals surface area (Å²) < 4.78 is 22.1. The molecule has 180 valence electrons. The molecule has 1 aromatic rings. The molecule has 9 heteroatoms. The van der Waals surface area contributed by atoms with Crippen molar-refractivity contribution in [1.82, 2.24) is 4.57 Å². The van der Waals surface area contributed by atoms with Gasteiger partial charge in [0.2, 0.25) is 5.41 Å². The number of methoxy groups -OCH3 is 1. The van der Waals surface area contributed by atoms with Crippen molar-refractivity contribution in [2.75, 3.05) is 7.11 Å².